The number of anilines is 1. The van der Waals surface area contributed by atoms with Crippen LogP contribution in [0.5, 0.6) is 23.0 Å². The van der Waals surface area contributed by atoms with Gasteiger partial charge in [0.05, 0.1) is 45.2 Å². The first-order valence-corrected chi connectivity index (χ1v) is 12.5. The second-order valence-electron chi connectivity index (χ2n) is 7.77. The minimum atomic E-state index is -4.16. The maximum absolute atomic E-state index is 13.6. The fraction of sp³-hybridized carbons (Fsp3) is 0.231. The van der Waals surface area contributed by atoms with Crippen LogP contribution >= 0.6 is 0 Å². The van der Waals surface area contributed by atoms with Gasteiger partial charge in [-0.2, -0.15) is 5.10 Å². The third kappa shape index (κ3) is 6.50. The van der Waals surface area contributed by atoms with Gasteiger partial charge in [-0.3, -0.25) is 9.10 Å². The number of hydrogen-bond acceptors (Lipinski definition) is 8. The third-order valence-corrected chi connectivity index (χ3v) is 7.13. The Morgan fingerprint density at radius 3 is 2.00 bits per heavy atom. The molecule has 0 heterocycles. The minimum absolute atomic E-state index is 0.0626. The molecule has 0 aliphatic heterocycles. The Hall–Kier alpha value is -4.25. The van der Waals surface area contributed by atoms with Crippen LogP contribution < -0.4 is 28.7 Å². The van der Waals surface area contributed by atoms with Gasteiger partial charge < -0.3 is 18.9 Å². The van der Waals surface area contributed by atoms with Crippen molar-refractivity contribution >= 4 is 27.8 Å². The number of amides is 1. The molecule has 10 nitrogen and oxygen atoms in total. The Morgan fingerprint density at radius 1 is 0.838 bits per heavy atom. The average Bonchev–Trinajstić information content (AvgIpc) is 2.91. The first-order chi connectivity index (χ1) is 17.7. The lowest BCUT2D eigenvalue weighted by Crippen LogP contribution is -2.39. The van der Waals surface area contributed by atoms with E-state index in [1.54, 1.807) is 42.5 Å². The van der Waals surface area contributed by atoms with E-state index in [1.165, 1.54) is 52.9 Å². The van der Waals surface area contributed by atoms with Gasteiger partial charge in [0.15, 0.2) is 23.0 Å². The molecule has 3 aromatic rings. The summed E-state index contributed by atoms with van der Waals surface area (Å²) in [7, 11) is 1.75. The standard InChI is InChI=1S/C26H29N3O7S/c1-18-6-9-20(10-7-18)29(37(31,32)21-11-13-23(34-3)25(15-21)36-5)17-26(30)28-27-16-19-8-12-22(33-2)24(14-19)35-4/h6-16H,17H2,1-5H3,(H,28,30)/b27-16-. The van der Waals surface area contributed by atoms with E-state index in [2.05, 4.69) is 10.5 Å². The van der Waals surface area contributed by atoms with Crippen LogP contribution in [0.2, 0.25) is 0 Å². The molecule has 3 rings (SSSR count). The normalized spacial score (nSPS) is 11.2. The van der Waals surface area contributed by atoms with Crippen LogP contribution in [0.15, 0.2) is 70.7 Å². The number of rotatable bonds is 11. The lowest BCUT2D eigenvalue weighted by Gasteiger charge is -2.24. The van der Waals surface area contributed by atoms with Crippen LogP contribution in [-0.2, 0) is 14.8 Å². The van der Waals surface area contributed by atoms with Crippen molar-refractivity contribution in [2.75, 3.05) is 39.3 Å². The molecule has 37 heavy (non-hydrogen) atoms. The molecule has 196 valence electrons. The van der Waals surface area contributed by atoms with Crippen LogP contribution in [0.4, 0.5) is 5.69 Å². The van der Waals surface area contributed by atoms with Crippen molar-refractivity contribution in [1.82, 2.24) is 5.43 Å². The molecule has 1 N–H and O–H groups in total. The molecular formula is C26H29N3O7S. The Bertz CT molecular complexity index is 1370. The zero-order chi connectivity index (χ0) is 27.0. The molecule has 11 heteroatoms. The van der Waals surface area contributed by atoms with Gasteiger partial charge in [-0.1, -0.05) is 17.7 Å². The number of carbonyl (C=O) groups is 1. The van der Waals surface area contributed by atoms with Crippen LogP contribution in [0, 0.1) is 6.92 Å². The highest BCUT2D eigenvalue weighted by Gasteiger charge is 2.28. The van der Waals surface area contributed by atoms with Gasteiger partial charge in [-0.05, 0) is 55.0 Å². The van der Waals surface area contributed by atoms with Crippen molar-refractivity contribution in [2.24, 2.45) is 5.10 Å². The quantitative estimate of drug-likeness (QED) is 0.300. The number of aryl methyl sites for hydroxylation is 1. The van der Waals surface area contributed by atoms with Crippen molar-refractivity contribution in [3.05, 3.63) is 71.8 Å². The number of benzene rings is 3. The highest BCUT2D eigenvalue weighted by Crippen LogP contribution is 2.32. The van der Waals surface area contributed by atoms with E-state index in [1.807, 2.05) is 6.92 Å². The Kier molecular flexibility index (Phi) is 8.96. The molecular weight excluding hydrogens is 498 g/mol. The summed E-state index contributed by atoms with van der Waals surface area (Å²) in [6.45, 7) is 1.37. The van der Waals surface area contributed by atoms with Crippen LogP contribution in [0.25, 0.3) is 0 Å². The van der Waals surface area contributed by atoms with Gasteiger partial charge in [0, 0.05) is 6.07 Å². The summed E-state index contributed by atoms with van der Waals surface area (Å²) >= 11 is 0. The van der Waals surface area contributed by atoms with Crippen molar-refractivity contribution in [1.29, 1.82) is 0 Å². The number of hydrogen-bond donors (Lipinski definition) is 1. The maximum Gasteiger partial charge on any atom is 0.264 e. The van der Waals surface area contributed by atoms with Crippen LogP contribution in [-0.4, -0.2) is 55.5 Å². The number of ether oxygens (including phenoxy) is 4. The van der Waals surface area contributed by atoms with Crippen LogP contribution in [0.3, 0.4) is 0 Å². The number of hydrazone groups is 1. The lowest BCUT2D eigenvalue weighted by molar-refractivity contribution is -0.119. The molecule has 0 saturated heterocycles. The summed E-state index contributed by atoms with van der Waals surface area (Å²) < 4.78 is 49.2. The summed E-state index contributed by atoms with van der Waals surface area (Å²) in [4.78, 5) is 12.7. The van der Waals surface area contributed by atoms with Crippen molar-refractivity contribution in [3.63, 3.8) is 0 Å². The average molecular weight is 528 g/mol. The number of sulfonamides is 1. The lowest BCUT2D eigenvalue weighted by atomic mass is 10.2. The predicted octanol–water partition coefficient (Wildman–Crippen LogP) is 3.38. The summed E-state index contributed by atoms with van der Waals surface area (Å²) in [6.07, 6.45) is 1.42. The fourth-order valence-electron chi connectivity index (χ4n) is 3.41. The second kappa shape index (κ2) is 12.1. The molecule has 0 bridgehead atoms. The first kappa shape index (κ1) is 27.3. The predicted molar refractivity (Wildman–Crippen MR) is 141 cm³/mol. The van der Waals surface area contributed by atoms with E-state index >= 15 is 0 Å². The van der Waals surface area contributed by atoms with Gasteiger partial charge in [-0.25, -0.2) is 13.8 Å². The van der Waals surface area contributed by atoms with Crippen LogP contribution in [0.1, 0.15) is 11.1 Å². The Balaban J connectivity index is 1.86. The summed E-state index contributed by atoms with van der Waals surface area (Å²) in [5.74, 6) is 1.05. The zero-order valence-electron chi connectivity index (χ0n) is 21.2. The summed E-state index contributed by atoms with van der Waals surface area (Å²) in [5, 5.41) is 3.96. The highest BCUT2D eigenvalue weighted by atomic mass is 32.2. The van der Waals surface area contributed by atoms with E-state index in [-0.39, 0.29) is 10.6 Å². The number of methoxy groups -OCH3 is 4. The van der Waals surface area contributed by atoms with E-state index in [0.717, 1.165) is 9.87 Å². The van der Waals surface area contributed by atoms with Gasteiger partial charge >= 0.3 is 0 Å². The maximum atomic E-state index is 13.6. The van der Waals surface area contributed by atoms with E-state index < -0.39 is 22.5 Å². The Labute approximate surface area is 216 Å². The molecule has 0 spiro atoms. The summed E-state index contributed by atoms with van der Waals surface area (Å²) in [6, 6.07) is 16.2. The number of nitrogens with one attached hydrogen (secondary N) is 1. The molecule has 0 radical (unpaired) electrons. The van der Waals surface area contributed by atoms with E-state index in [9.17, 15) is 13.2 Å². The fourth-order valence-corrected chi connectivity index (χ4v) is 4.84. The zero-order valence-corrected chi connectivity index (χ0v) is 22.0. The highest BCUT2D eigenvalue weighted by molar-refractivity contribution is 7.92. The molecule has 0 atom stereocenters. The Morgan fingerprint density at radius 2 is 1.41 bits per heavy atom. The van der Waals surface area contributed by atoms with E-state index in [4.69, 9.17) is 18.9 Å². The van der Waals surface area contributed by atoms with Gasteiger partial charge in [0.1, 0.15) is 6.54 Å². The molecule has 0 saturated carbocycles. The van der Waals surface area contributed by atoms with Crippen molar-refractivity contribution in [3.8, 4) is 23.0 Å². The van der Waals surface area contributed by atoms with E-state index in [0.29, 0.717) is 28.5 Å². The molecule has 0 aliphatic rings. The third-order valence-electron chi connectivity index (χ3n) is 5.36. The van der Waals surface area contributed by atoms with Crippen molar-refractivity contribution < 1.29 is 32.2 Å². The molecule has 0 unspecified atom stereocenters. The number of carbonyl (C=O) groups excluding carboxylic acids is 1. The molecule has 0 aliphatic carbocycles. The molecule has 1 amide bonds. The topological polar surface area (TPSA) is 116 Å². The molecule has 0 aromatic heterocycles. The molecule has 3 aromatic carbocycles. The largest absolute Gasteiger partial charge is 0.493 e. The number of nitrogens with zero attached hydrogens (tertiary/aromatic N) is 2. The SMILES string of the molecule is COc1ccc(/C=N\NC(=O)CN(c2ccc(C)cc2)S(=O)(=O)c2ccc(OC)c(OC)c2)cc1OC. The first-order valence-electron chi connectivity index (χ1n) is 11.1. The molecule has 0 fully saturated rings. The summed E-state index contributed by atoms with van der Waals surface area (Å²) in [5.41, 5.74) is 4.29. The minimum Gasteiger partial charge on any atom is -0.493 e. The second-order valence-corrected chi connectivity index (χ2v) is 9.63. The van der Waals surface area contributed by atoms with Gasteiger partial charge in [0.25, 0.3) is 15.9 Å². The smallest absolute Gasteiger partial charge is 0.264 e. The van der Waals surface area contributed by atoms with Gasteiger partial charge in [-0.15, -0.1) is 0 Å². The van der Waals surface area contributed by atoms with Crippen molar-refractivity contribution in [2.45, 2.75) is 11.8 Å². The van der Waals surface area contributed by atoms with Gasteiger partial charge in [0.2, 0.25) is 0 Å². The monoisotopic (exact) mass is 527 g/mol.